The van der Waals surface area contributed by atoms with Crippen LogP contribution in [0.3, 0.4) is 0 Å². The first kappa shape index (κ1) is 17.6. The van der Waals surface area contributed by atoms with Crippen LogP contribution in [0.25, 0.3) is 11.0 Å². The van der Waals surface area contributed by atoms with E-state index in [1.165, 1.54) is 23.4 Å². The van der Waals surface area contributed by atoms with E-state index in [2.05, 4.69) is 26.7 Å². The zero-order chi connectivity index (χ0) is 18.8. The second-order valence-electron chi connectivity index (χ2n) is 6.02. The number of benzene rings is 2. The predicted molar refractivity (Wildman–Crippen MR) is 111 cm³/mol. The molecule has 4 aromatic rings. The van der Waals surface area contributed by atoms with Crippen LogP contribution in [-0.4, -0.2) is 19.5 Å². The molecule has 0 radical (unpaired) electrons. The molecule has 0 saturated carbocycles. The van der Waals surface area contributed by atoms with Crippen LogP contribution in [0.2, 0.25) is 5.02 Å². The van der Waals surface area contributed by atoms with Gasteiger partial charge >= 0.3 is 0 Å². The Morgan fingerprint density at radius 1 is 0.926 bits per heavy atom. The van der Waals surface area contributed by atoms with E-state index in [0.29, 0.717) is 27.6 Å². The van der Waals surface area contributed by atoms with E-state index < -0.39 is 0 Å². The standard InChI is InChI=1S/C19H17ClN6S/c20-13-6-7-15-14(8-13)23-18(26(15)10-12-4-2-1-3-5-12)11-27-19-24-16(21)9-17(22)25-19/h1-9H,10-11H2,(H4,21,22,24,25). The van der Waals surface area contributed by atoms with Crippen LogP contribution in [0.5, 0.6) is 0 Å². The lowest BCUT2D eigenvalue weighted by Crippen LogP contribution is -2.05. The van der Waals surface area contributed by atoms with Crippen molar-refractivity contribution in [2.24, 2.45) is 0 Å². The summed E-state index contributed by atoms with van der Waals surface area (Å²) < 4.78 is 2.18. The number of halogens is 1. The molecule has 136 valence electrons. The topological polar surface area (TPSA) is 95.6 Å². The van der Waals surface area contributed by atoms with Gasteiger partial charge in [-0.25, -0.2) is 15.0 Å². The van der Waals surface area contributed by atoms with Gasteiger partial charge in [0.2, 0.25) is 0 Å². The molecule has 8 heteroatoms. The van der Waals surface area contributed by atoms with E-state index in [4.69, 9.17) is 28.1 Å². The van der Waals surface area contributed by atoms with Crippen molar-refractivity contribution >= 4 is 46.0 Å². The number of nitrogens with zero attached hydrogens (tertiary/aromatic N) is 4. The molecule has 0 bridgehead atoms. The number of hydrogen-bond acceptors (Lipinski definition) is 6. The number of nitrogens with two attached hydrogens (primary N) is 2. The number of fused-ring (bicyclic) bond motifs is 1. The van der Waals surface area contributed by atoms with Gasteiger partial charge in [0.1, 0.15) is 17.5 Å². The van der Waals surface area contributed by atoms with Crippen LogP contribution in [0.15, 0.2) is 59.8 Å². The Morgan fingerprint density at radius 2 is 1.67 bits per heavy atom. The third-order valence-corrected chi connectivity index (χ3v) is 5.13. The van der Waals surface area contributed by atoms with Gasteiger partial charge in [0, 0.05) is 17.6 Å². The van der Waals surface area contributed by atoms with Crippen LogP contribution in [0.1, 0.15) is 11.4 Å². The van der Waals surface area contributed by atoms with Crippen molar-refractivity contribution in [3.8, 4) is 0 Å². The van der Waals surface area contributed by atoms with Gasteiger partial charge in [-0.2, -0.15) is 0 Å². The molecule has 2 aromatic heterocycles. The lowest BCUT2D eigenvalue weighted by Gasteiger charge is -2.09. The van der Waals surface area contributed by atoms with Crippen molar-refractivity contribution in [1.29, 1.82) is 0 Å². The normalized spacial score (nSPS) is 11.1. The molecule has 0 unspecified atom stereocenters. The van der Waals surface area contributed by atoms with Crippen LogP contribution in [-0.2, 0) is 12.3 Å². The summed E-state index contributed by atoms with van der Waals surface area (Å²) in [6.07, 6.45) is 0. The van der Waals surface area contributed by atoms with Gasteiger partial charge in [-0.3, -0.25) is 0 Å². The fraction of sp³-hybridized carbons (Fsp3) is 0.105. The van der Waals surface area contributed by atoms with Crippen molar-refractivity contribution in [3.05, 3.63) is 71.0 Å². The molecular formula is C19H17ClN6S. The molecule has 2 heterocycles. The summed E-state index contributed by atoms with van der Waals surface area (Å²) in [6.45, 7) is 0.717. The summed E-state index contributed by atoms with van der Waals surface area (Å²) in [5.41, 5.74) is 14.6. The molecule has 0 amide bonds. The number of imidazole rings is 1. The molecule has 0 atom stereocenters. The van der Waals surface area contributed by atoms with Crippen LogP contribution in [0, 0.1) is 0 Å². The van der Waals surface area contributed by atoms with E-state index >= 15 is 0 Å². The zero-order valence-corrected chi connectivity index (χ0v) is 15.9. The second-order valence-corrected chi connectivity index (χ2v) is 7.40. The molecule has 4 rings (SSSR count). The summed E-state index contributed by atoms with van der Waals surface area (Å²) in [4.78, 5) is 13.2. The highest BCUT2D eigenvalue weighted by Gasteiger charge is 2.13. The average molecular weight is 397 g/mol. The third-order valence-electron chi connectivity index (χ3n) is 4.05. The van der Waals surface area contributed by atoms with Crippen molar-refractivity contribution < 1.29 is 0 Å². The summed E-state index contributed by atoms with van der Waals surface area (Å²) >= 11 is 7.59. The molecule has 27 heavy (non-hydrogen) atoms. The monoisotopic (exact) mass is 396 g/mol. The predicted octanol–water partition coefficient (Wildman–Crippen LogP) is 3.98. The molecule has 0 aliphatic rings. The second kappa shape index (κ2) is 7.46. The molecule has 0 aliphatic carbocycles. The molecule has 0 spiro atoms. The van der Waals surface area contributed by atoms with Crippen molar-refractivity contribution in [1.82, 2.24) is 19.5 Å². The Morgan fingerprint density at radius 3 is 2.41 bits per heavy atom. The van der Waals surface area contributed by atoms with Gasteiger partial charge in [0.15, 0.2) is 5.16 Å². The van der Waals surface area contributed by atoms with Gasteiger partial charge in [-0.15, -0.1) is 0 Å². The fourth-order valence-corrected chi connectivity index (χ4v) is 3.85. The number of hydrogen-bond donors (Lipinski definition) is 2. The van der Waals surface area contributed by atoms with Gasteiger partial charge in [-0.1, -0.05) is 53.7 Å². The molecule has 0 fully saturated rings. The first-order chi connectivity index (χ1) is 13.1. The highest BCUT2D eigenvalue weighted by atomic mass is 35.5. The lowest BCUT2D eigenvalue weighted by molar-refractivity contribution is 0.779. The lowest BCUT2D eigenvalue weighted by atomic mass is 10.2. The third kappa shape index (κ3) is 3.99. The molecule has 0 aliphatic heterocycles. The Balaban J connectivity index is 1.69. The Hall–Kier alpha value is -2.77. The minimum atomic E-state index is 0.356. The minimum absolute atomic E-state index is 0.356. The average Bonchev–Trinajstić information content (AvgIpc) is 2.96. The maximum absolute atomic E-state index is 6.15. The van der Waals surface area contributed by atoms with Crippen molar-refractivity contribution in [2.45, 2.75) is 17.5 Å². The summed E-state index contributed by atoms with van der Waals surface area (Å²) in [5.74, 6) is 2.21. The van der Waals surface area contributed by atoms with Gasteiger partial charge in [-0.05, 0) is 23.8 Å². The van der Waals surface area contributed by atoms with Crippen LogP contribution < -0.4 is 11.5 Å². The molecular weight excluding hydrogens is 380 g/mol. The van der Waals surface area contributed by atoms with Gasteiger partial charge < -0.3 is 16.0 Å². The SMILES string of the molecule is Nc1cc(N)nc(SCc2nc3cc(Cl)ccc3n2Cc2ccccc2)n1. The zero-order valence-electron chi connectivity index (χ0n) is 14.3. The minimum Gasteiger partial charge on any atom is -0.383 e. The Bertz CT molecular complexity index is 1080. The van der Waals surface area contributed by atoms with Crippen LogP contribution in [0.4, 0.5) is 11.6 Å². The smallest absolute Gasteiger partial charge is 0.191 e. The van der Waals surface area contributed by atoms with E-state index in [1.807, 2.05) is 36.4 Å². The first-order valence-corrected chi connectivity index (χ1v) is 9.66. The van der Waals surface area contributed by atoms with E-state index in [1.54, 1.807) is 0 Å². The van der Waals surface area contributed by atoms with E-state index in [-0.39, 0.29) is 0 Å². The number of anilines is 2. The molecule has 4 N–H and O–H groups in total. The number of aromatic nitrogens is 4. The van der Waals surface area contributed by atoms with Crippen LogP contribution >= 0.6 is 23.4 Å². The molecule has 2 aromatic carbocycles. The van der Waals surface area contributed by atoms with E-state index in [9.17, 15) is 0 Å². The quantitative estimate of drug-likeness (QED) is 0.391. The largest absolute Gasteiger partial charge is 0.383 e. The van der Waals surface area contributed by atoms with Crippen molar-refractivity contribution in [2.75, 3.05) is 11.5 Å². The van der Waals surface area contributed by atoms with Gasteiger partial charge in [0.25, 0.3) is 0 Å². The first-order valence-electron chi connectivity index (χ1n) is 8.30. The Labute approximate surface area is 165 Å². The number of thioether (sulfide) groups is 1. The maximum atomic E-state index is 6.15. The number of rotatable bonds is 5. The molecule has 0 saturated heterocycles. The summed E-state index contributed by atoms with van der Waals surface area (Å²) in [7, 11) is 0. The molecule has 6 nitrogen and oxygen atoms in total. The number of nitrogen functional groups attached to an aromatic ring is 2. The highest BCUT2D eigenvalue weighted by Crippen LogP contribution is 2.26. The Kier molecular flexibility index (Phi) is 4.87. The van der Waals surface area contributed by atoms with E-state index in [0.717, 1.165) is 23.4 Å². The maximum Gasteiger partial charge on any atom is 0.191 e. The summed E-state index contributed by atoms with van der Waals surface area (Å²) in [6, 6.07) is 17.6. The summed E-state index contributed by atoms with van der Waals surface area (Å²) in [5, 5.41) is 1.20. The van der Waals surface area contributed by atoms with Crippen molar-refractivity contribution in [3.63, 3.8) is 0 Å². The highest BCUT2D eigenvalue weighted by molar-refractivity contribution is 7.98. The van der Waals surface area contributed by atoms with Gasteiger partial charge in [0.05, 0.1) is 16.8 Å². The fourth-order valence-electron chi connectivity index (χ4n) is 2.86.